The van der Waals surface area contributed by atoms with Gasteiger partial charge in [-0.1, -0.05) is 48.1 Å². The molecule has 0 radical (unpaired) electrons. The van der Waals surface area contributed by atoms with Crippen LogP contribution in [0, 0.1) is 35.0 Å². The molecule has 2 saturated heterocycles. The summed E-state index contributed by atoms with van der Waals surface area (Å²) < 4.78 is 5.27. The molecule has 2 aliphatic heterocycles. The van der Waals surface area contributed by atoms with E-state index < -0.39 is 58.5 Å². The van der Waals surface area contributed by atoms with Crippen LogP contribution in [0.1, 0.15) is 35.7 Å². The van der Waals surface area contributed by atoms with Crippen molar-refractivity contribution in [2.45, 2.75) is 19.8 Å². The third kappa shape index (κ3) is 4.44. The second-order valence-corrected chi connectivity index (χ2v) is 12.9. The normalized spacial score (nSPS) is 28.0. The minimum absolute atomic E-state index is 0.0320. The van der Waals surface area contributed by atoms with Crippen LogP contribution in [0.2, 0.25) is 0 Å². The number of amides is 4. The molecule has 244 valence electrons. The van der Waals surface area contributed by atoms with Crippen LogP contribution in [-0.4, -0.2) is 52.0 Å². The van der Waals surface area contributed by atoms with Gasteiger partial charge in [0.15, 0.2) is 11.5 Å². The van der Waals surface area contributed by atoms with Gasteiger partial charge in [0, 0.05) is 12.0 Å². The summed E-state index contributed by atoms with van der Waals surface area (Å²) in [6.07, 6.45) is 5.97. The molecule has 0 spiro atoms. The number of nitrogens with zero attached hydrogens (tertiary/aromatic N) is 2. The largest absolute Gasteiger partial charge is 0.507 e. The second-order valence-electron chi connectivity index (χ2n) is 12.9. The van der Waals surface area contributed by atoms with Crippen molar-refractivity contribution in [2.24, 2.45) is 35.0 Å². The first-order valence-corrected chi connectivity index (χ1v) is 15.6. The number of benzene rings is 3. The number of hydrogen-bond acceptors (Lipinski definition) is 8. The number of phenols is 2. The summed E-state index contributed by atoms with van der Waals surface area (Å²) in [5.41, 5.74) is 0.416. The second kappa shape index (κ2) is 11.2. The Morgan fingerprint density at radius 1 is 0.875 bits per heavy atom. The van der Waals surface area contributed by atoms with Gasteiger partial charge in [-0.3, -0.25) is 19.2 Å². The number of aromatic hydroxyl groups is 2. The average molecular weight is 649 g/mol. The van der Waals surface area contributed by atoms with E-state index in [0.717, 1.165) is 22.6 Å². The number of aromatic carboxylic acids is 1. The van der Waals surface area contributed by atoms with Crippen molar-refractivity contribution >= 4 is 47.0 Å². The molecule has 48 heavy (non-hydrogen) atoms. The number of fused-ring (bicyclic) bond motifs is 4. The van der Waals surface area contributed by atoms with Crippen molar-refractivity contribution in [1.82, 2.24) is 0 Å². The predicted octanol–water partition coefficient (Wildman–Crippen LogP) is 4.79. The zero-order valence-corrected chi connectivity index (χ0v) is 26.1. The Labute approximate surface area is 275 Å². The molecule has 3 fully saturated rings. The summed E-state index contributed by atoms with van der Waals surface area (Å²) in [4.78, 5) is 70.2. The number of para-hydroxylation sites is 1. The molecular weight excluding hydrogens is 616 g/mol. The van der Waals surface area contributed by atoms with Gasteiger partial charge in [-0.05, 0) is 67.6 Å². The van der Waals surface area contributed by atoms with Crippen LogP contribution in [0.5, 0.6) is 17.2 Å². The summed E-state index contributed by atoms with van der Waals surface area (Å²) in [7, 11) is 1.44. The highest BCUT2D eigenvalue weighted by atomic mass is 16.5. The quantitative estimate of drug-likeness (QED) is 0.252. The zero-order chi connectivity index (χ0) is 34.1. The van der Waals surface area contributed by atoms with Crippen molar-refractivity contribution in [3.05, 3.63) is 95.6 Å². The molecule has 2 heterocycles. The van der Waals surface area contributed by atoms with Crippen molar-refractivity contribution in [3.63, 3.8) is 0 Å². The summed E-state index contributed by atoms with van der Waals surface area (Å²) in [5.74, 6) is -6.94. The van der Waals surface area contributed by atoms with Gasteiger partial charge in [0.05, 0.1) is 41.7 Å². The van der Waals surface area contributed by atoms with E-state index in [-0.39, 0.29) is 47.4 Å². The van der Waals surface area contributed by atoms with E-state index in [4.69, 9.17) is 4.74 Å². The molecule has 6 atom stereocenters. The maximum atomic E-state index is 14.4. The fourth-order valence-electron chi connectivity index (χ4n) is 8.14. The molecular formula is C37H32N2O9. The van der Waals surface area contributed by atoms with E-state index in [1.165, 1.54) is 24.1 Å². The van der Waals surface area contributed by atoms with E-state index in [1.807, 2.05) is 12.2 Å². The minimum Gasteiger partial charge on any atom is -0.507 e. The van der Waals surface area contributed by atoms with Crippen molar-refractivity contribution in [3.8, 4) is 17.2 Å². The lowest BCUT2D eigenvalue weighted by atomic mass is 9.52. The van der Waals surface area contributed by atoms with Crippen molar-refractivity contribution in [2.75, 3.05) is 16.9 Å². The van der Waals surface area contributed by atoms with Crippen LogP contribution in [-0.2, 0) is 19.2 Å². The molecule has 11 nitrogen and oxygen atoms in total. The number of ether oxygens (including phenoxy) is 1. The molecule has 1 saturated carbocycles. The molecule has 4 aliphatic rings. The van der Waals surface area contributed by atoms with Crippen LogP contribution >= 0.6 is 0 Å². The molecule has 0 unspecified atom stereocenters. The first-order chi connectivity index (χ1) is 23.0. The summed E-state index contributed by atoms with van der Waals surface area (Å²) in [6.45, 7) is 1.79. The predicted molar refractivity (Wildman–Crippen MR) is 173 cm³/mol. The molecule has 3 aromatic carbocycles. The van der Waals surface area contributed by atoms with Gasteiger partial charge in [0.25, 0.3) is 0 Å². The molecule has 11 heteroatoms. The number of imide groups is 2. The standard InChI is InChI=1S/C37H32N2O9/c1-37-26(14-8-19-9-15-28(40)30(16-19)48-2)22-12-13-24-31(34(44)38(32(24)42)21-10-11-23(35(45)46)29(41)17-21)25(22)18-27(37)33(43)39(36(37)47)20-6-4-3-5-7-20/h3-12,14-17,24-27,31,40-41H,13,18H2,1-2H3,(H,45,46)/t24-,25+,26-,27-,31-,37-/m0/s1. The number of anilines is 2. The number of carboxylic acids is 1. The van der Waals surface area contributed by atoms with E-state index in [0.29, 0.717) is 11.3 Å². The summed E-state index contributed by atoms with van der Waals surface area (Å²) >= 11 is 0. The van der Waals surface area contributed by atoms with Gasteiger partial charge in [0.2, 0.25) is 23.6 Å². The average Bonchev–Trinajstić information content (AvgIpc) is 3.44. The summed E-state index contributed by atoms with van der Waals surface area (Å²) in [6, 6.07) is 17.1. The highest BCUT2D eigenvalue weighted by molar-refractivity contribution is 6.25. The van der Waals surface area contributed by atoms with Gasteiger partial charge < -0.3 is 20.1 Å². The Balaban J connectivity index is 1.31. The molecule has 2 aliphatic carbocycles. The molecule has 4 amide bonds. The number of hydrogen-bond donors (Lipinski definition) is 3. The number of carboxylic acid groups (broad SMARTS) is 1. The first kappa shape index (κ1) is 30.9. The van der Waals surface area contributed by atoms with Gasteiger partial charge in [-0.15, -0.1) is 0 Å². The monoisotopic (exact) mass is 648 g/mol. The fraction of sp³-hybridized carbons (Fsp3) is 0.270. The van der Waals surface area contributed by atoms with E-state index in [9.17, 15) is 39.3 Å². The Morgan fingerprint density at radius 2 is 1.62 bits per heavy atom. The highest BCUT2D eigenvalue weighted by Gasteiger charge is 2.67. The number of rotatable bonds is 6. The van der Waals surface area contributed by atoms with Crippen LogP contribution in [0.15, 0.2) is 84.5 Å². The van der Waals surface area contributed by atoms with Crippen LogP contribution < -0.4 is 14.5 Å². The smallest absolute Gasteiger partial charge is 0.339 e. The Kier molecular flexibility index (Phi) is 7.23. The van der Waals surface area contributed by atoms with Crippen molar-refractivity contribution < 1.29 is 44.0 Å². The minimum atomic E-state index is -1.35. The Hall–Kier alpha value is -5.71. The number of carbonyl (C=O) groups excluding carboxylic acids is 4. The van der Waals surface area contributed by atoms with Crippen LogP contribution in [0.4, 0.5) is 11.4 Å². The molecule has 0 aromatic heterocycles. The Bertz CT molecular complexity index is 1970. The Morgan fingerprint density at radius 3 is 2.31 bits per heavy atom. The third-order valence-electron chi connectivity index (χ3n) is 10.5. The summed E-state index contributed by atoms with van der Waals surface area (Å²) in [5, 5.41) is 29.8. The molecule has 0 bridgehead atoms. The first-order valence-electron chi connectivity index (χ1n) is 15.6. The number of phenolic OH excluding ortho intramolecular Hbond substituents is 1. The van der Waals surface area contributed by atoms with E-state index >= 15 is 0 Å². The van der Waals surface area contributed by atoms with E-state index in [2.05, 4.69) is 0 Å². The zero-order valence-electron chi connectivity index (χ0n) is 26.1. The van der Waals surface area contributed by atoms with Gasteiger partial charge in [0.1, 0.15) is 11.3 Å². The van der Waals surface area contributed by atoms with Gasteiger partial charge in [-0.25, -0.2) is 14.6 Å². The topological polar surface area (TPSA) is 162 Å². The lowest BCUT2D eigenvalue weighted by Gasteiger charge is -2.47. The van der Waals surface area contributed by atoms with Crippen LogP contribution in [0.25, 0.3) is 6.08 Å². The lowest BCUT2D eigenvalue weighted by molar-refractivity contribution is -0.132. The number of carbonyl (C=O) groups is 5. The van der Waals surface area contributed by atoms with Gasteiger partial charge in [-0.2, -0.15) is 0 Å². The number of allylic oxidation sites excluding steroid dienone is 3. The molecule has 3 N–H and O–H groups in total. The third-order valence-corrected chi connectivity index (χ3v) is 10.5. The maximum Gasteiger partial charge on any atom is 0.339 e. The lowest BCUT2D eigenvalue weighted by Crippen LogP contribution is -2.49. The molecule has 7 rings (SSSR count). The van der Waals surface area contributed by atoms with Gasteiger partial charge >= 0.3 is 5.97 Å². The fourth-order valence-corrected chi connectivity index (χ4v) is 8.14. The van der Waals surface area contributed by atoms with Crippen molar-refractivity contribution in [1.29, 1.82) is 0 Å². The van der Waals surface area contributed by atoms with Crippen LogP contribution in [0.3, 0.4) is 0 Å². The maximum absolute atomic E-state index is 14.4. The SMILES string of the molecule is COc1cc(C=C[C@H]2C3=CC[C@@H]4C(=O)N(c5ccc(C(=O)O)c(O)c5)C(=O)[C@@H]4[C@@H]3C[C@H]3C(=O)N(c4ccccc4)C(=O)[C@@]23C)ccc1O. The van der Waals surface area contributed by atoms with E-state index in [1.54, 1.807) is 55.5 Å². The molecule has 3 aromatic rings. The number of methoxy groups -OCH3 is 1. The highest BCUT2D eigenvalue weighted by Crippen LogP contribution is 2.61.